The molecule has 0 aliphatic carbocycles. The quantitative estimate of drug-likeness (QED) is 0.666. The zero-order valence-corrected chi connectivity index (χ0v) is 15.0. The maximum Gasteiger partial charge on any atom is 0.166 e. The SMILES string of the molecule is CS(=O)(=O)CCSc1nc(-c2cccs2)c(-c2cccs2)[nH]1. The van der Waals surface area contributed by atoms with Crippen LogP contribution >= 0.6 is 34.4 Å². The van der Waals surface area contributed by atoms with Gasteiger partial charge in [-0.3, -0.25) is 0 Å². The summed E-state index contributed by atoms with van der Waals surface area (Å²) >= 11 is 4.74. The summed E-state index contributed by atoms with van der Waals surface area (Å²) in [6.45, 7) is 0. The van der Waals surface area contributed by atoms with Crippen molar-refractivity contribution in [2.75, 3.05) is 17.8 Å². The molecule has 3 heterocycles. The minimum atomic E-state index is -2.94. The molecule has 22 heavy (non-hydrogen) atoms. The van der Waals surface area contributed by atoms with Crippen molar-refractivity contribution in [3.63, 3.8) is 0 Å². The number of thiophene rings is 2. The molecule has 3 aromatic rings. The molecule has 0 atom stereocenters. The molecule has 4 nitrogen and oxygen atoms in total. The topological polar surface area (TPSA) is 62.8 Å². The van der Waals surface area contributed by atoms with Crippen molar-refractivity contribution in [3.8, 4) is 21.1 Å². The number of imidazole rings is 1. The normalized spacial score (nSPS) is 11.9. The maximum absolute atomic E-state index is 11.2. The molecule has 0 aliphatic rings. The zero-order valence-electron chi connectivity index (χ0n) is 11.8. The Kier molecular flexibility index (Phi) is 4.72. The van der Waals surface area contributed by atoms with Gasteiger partial charge in [0.25, 0.3) is 0 Å². The second kappa shape index (κ2) is 6.57. The third-order valence-corrected chi connectivity index (χ3v) is 6.74. The number of thioether (sulfide) groups is 1. The lowest BCUT2D eigenvalue weighted by atomic mass is 10.2. The number of H-pyrrole nitrogens is 1. The van der Waals surface area contributed by atoms with Gasteiger partial charge >= 0.3 is 0 Å². The number of nitrogens with zero attached hydrogens (tertiary/aromatic N) is 1. The summed E-state index contributed by atoms with van der Waals surface area (Å²) in [5, 5.41) is 4.82. The standard InChI is InChI=1S/C14H14N2O2S4/c1-22(17,18)9-8-21-14-15-12(10-4-2-6-19-10)13(16-14)11-5-3-7-20-11/h2-7H,8-9H2,1H3,(H,15,16). The molecule has 0 bridgehead atoms. The second-order valence-electron chi connectivity index (χ2n) is 4.70. The molecule has 0 aliphatic heterocycles. The third-order valence-electron chi connectivity index (χ3n) is 2.90. The number of nitrogens with one attached hydrogen (secondary N) is 1. The number of rotatable bonds is 6. The van der Waals surface area contributed by atoms with Crippen LogP contribution in [-0.2, 0) is 9.84 Å². The molecule has 0 amide bonds. The van der Waals surface area contributed by atoms with Crippen LogP contribution in [0.25, 0.3) is 21.1 Å². The van der Waals surface area contributed by atoms with Gasteiger partial charge in [0.2, 0.25) is 0 Å². The van der Waals surface area contributed by atoms with Gasteiger partial charge in [-0.2, -0.15) is 0 Å². The fraction of sp³-hybridized carbons (Fsp3) is 0.214. The first-order valence-electron chi connectivity index (χ1n) is 6.51. The summed E-state index contributed by atoms with van der Waals surface area (Å²) in [4.78, 5) is 10.2. The van der Waals surface area contributed by atoms with E-state index in [9.17, 15) is 8.42 Å². The first-order chi connectivity index (χ1) is 10.5. The molecule has 8 heteroatoms. The van der Waals surface area contributed by atoms with Crippen LogP contribution in [0.2, 0.25) is 0 Å². The monoisotopic (exact) mass is 370 g/mol. The van der Waals surface area contributed by atoms with E-state index in [1.54, 1.807) is 22.7 Å². The van der Waals surface area contributed by atoms with Crippen molar-refractivity contribution in [1.29, 1.82) is 0 Å². The smallest absolute Gasteiger partial charge is 0.166 e. The lowest BCUT2D eigenvalue weighted by molar-refractivity contribution is 0.603. The van der Waals surface area contributed by atoms with Crippen molar-refractivity contribution >= 4 is 44.3 Å². The summed E-state index contributed by atoms with van der Waals surface area (Å²) in [6, 6.07) is 8.11. The van der Waals surface area contributed by atoms with Gasteiger partial charge in [-0.05, 0) is 22.9 Å². The first kappa shape index (κ1) is 15.8. The van der Waals surface area contributed by atoms with Crippen LogP contribution in [0.15, 0.2) is 40.2 Å². The largest absolute Gasteiger partial charge is 0.332 e. The molecule has 0 saturated heterocycles. The number of aromatic amines is 1. The van der Waals surface area contributed by atoms with Crippen LogP contribution in [-0.4, -0.2) is 36.1 Å². The highest BCUT2D eigenvalue weighted by molar-refractivity contribution is 8.00. The fourth-order valence-electron chi connectivity index (χ4n) is 1.90. The highest BCUT2D eigenvalue weighted by Crippen LogP contribution is 2.36. The Balaban J connectivity index is 1.88. The molecule has 0 unspecified atom stereocenters. The van der Waals surface area contributed by atoms with Gasteiger partial charge in [-0.15, -0.1) is 22.7 Å². The van der Waals surface area contributed by atoms with E-state index >= 15 is 0 Å². The van der Waals surface area contributed by atoms with Gasteiger partial charge < -0.3 is 4.98 Å². The molecule has 116 valence electrons. The molecule has 0 fully saturated rings. The zero-order chi connectivity index (χ0) is 15.6. The Morgan fingerprint density at radius 1 is 1.18 bits per heavy atom. The van der Waals surface area contributed by atoms with Crippen LogP contribution in [0.3, 0.4) is 0 Å². The van der Waals surface area contributed by atoms with Crippen molar-refractivity contribution < 1.29 is 8.42 Å². The minimum absolute atomic E-state index is 0.154. The van der Waals surface area contributed by atoms with Crippen molar-refractivity contribution in [3.05, 3.63) is 35.0 Å². The van der Waals surface area contributed by atoms with E-state index in [1.807, 2.05) is 29.0 Å². The molecule has 0 spiro atoms. The fourth-order valence-corrected chi connectivity index (χ4v) is 5.41. The number of sulfone groups is 1. The molecule has 3 aromatic heterocycles. The van der Waals surface area contributed by atoms with Gasteiger partial charge in [0.05, 0.1) is 21.2 Å². The number of hydrogen-bond acceptors (Lipinski definition) is 6. The van der Waals surface area contributed by atoms with Crippen LogP contribution in [0, 0.1) is 0 Å². The van der Waals surface area contributed by atoms with Crippen molar-refractivity contribution in [2.24, 2.45) is 0 Å². The molecular formula is C14H14N2O2S4. The van der Waals surface area contributed by atoms with E-state index in [2.05, 4.69) is 16.0 Å². The average molecular weight is 371 g/mol. The lowest BCUT2D eigenvalue weighted by Crippen LogP contribution is -2.05. The Hall–Kier alpha value is -1.09. The number of aromatic nitrogens is 2. The minimum Gasteiger partial charge on any atom is -0.332 e. The van der Waals surface area contributed by atoms with Crippen LogP contribution in [0.4, 0.5) is 0 Å². The van der Waals surface area contributed by atoms with E-state index in [-0.39, 0.29) is 5.75 Å². The van der Waals surface area contributed by atoms with Crippen LogP contribution in [0.5, 0.6) is 0 Å². The Morgan fingerprint density at radius 3 is 2.45 bits per heavy atom. The van der Waals surface area contributed by atoms with E-state index in [0.29, 0.717) is 5.75 Å². The summed E-state index contributed by atoms with van der Waals surface area (Å²) in [6.07, 6.45) is 1.25. The van der Waals surface area contributed by atoms with Gasteiger partial charge in [0, 0.05) is 12.0 Å². The Labute approximate surface area is 141 Å². The maximum atomic E-state index is 11.2. The summed E-state index contributed by atoms with van der Waals surface area (Å²) in [5.41, 5.74) is 1.93. The predicted octanol–water partition coefficient (Wildman–Crippen LogP) is 4.00. The second-order valence-corrected chi connectivity index (χ2v) is 9.94. The van der Waals surface area contributed by atoms with Gasteiger partial charge in [0.15, 0.2) is 5.16 Å². The van der Waals surface area contributed by atoms with Crippen LogP contribution in [0.1, 0.15) is 0 Å². The van der Waals surface area contributed by atoms with Crippen LogP contribution < -0.4 is 0 Å². The molecule has 0 aromatic carbocycles. The van der Waals surface area contributed by atoms with E-state index in [4.69, 9.17) is 0 Å². The van der Waals surface area contributed by atoms with Crippen molar-refractivity contribution in [2.45, 2.75) is 5.16 Å². The first-order valence-corrected chi connectivity index (χ1v) is 11.3. The summed E-state index contributed by atoms with van der Waals surface area (Å²) in [5.74, 6) is 0.654. The lowest BCUT2D eigenvalue weighted by Gasteiger charge is -1.96. The third kappa shape index (κ3) is 3.81. The molecule has 1 N–H and O–H groups in total. The average Bonchev–Trinajstić information content (AvgIpc) is 3.18. The molecule has 3 rings (SSSR count). The Bertz CT molecular complexity index is 782. The van der Waals surface area contributed by atoms with E-state index < -0.39 is 9.84 Å². The summed E-state index contributed by atoms with van der Waals surface area (Å²) < 4.78 is 22.5. The molecule has 0 radical (unpaired) electrons. The van der Waals surface area contributed by atoms with Gasteiger partial charge in [0.1, 0.15) is 15.5 Å². The van der Waals surface area contributed by atoms with E-state index in [0.717, 1.165) is 26.3 Å². The predicted molar refractivity (Wildman–Crippen MR) is 95.6 cm³/mol. The number of hydrogen-bond donors (Lipinski definition) is 1. The Morgan fingerprint density at radius 2 is 1.86 bits per heavy atom. The van der Waals surface area contributed by atoms with Gasteiger partial charge in [-0.25, -0.2) is 13.4 Å². The molecular weight excluding hydrogens is 356 g/mol. The van der Waals surface area contributed by atoms with Gasteiger partial charge in [-0.1, -0.05) is 23.9 Å². The highest BCUT2D eigenvalue weighted by atomic mass is 32.2. The van der Waals surface area contributed by atoms with E-state index in [1.165, 1.54) is 18.0 Å². The highest BCUT2D eigenvalue weighted by Gasteiger charge is 2.16. The molecule has 0 saturated carbocycles. The van der Waals surface area contributed by atoms with Crippen molar-refractivity contribution in [1.82, 2.24) is 9.97 Å². The summed E-state index contributed by atoms with van der Waals surface area (Å²) in [7, 11) is -2.94.